The van der Waals surface area contributed by atoms with Crippen LogP contribution in [0.3, 0.4) is 0 Å². The van der Waals surface area contributed by atoms with Crippen LogP contribution in [0.5, 0.6) is 0 Å². The molecule has 0 bridgehead atoms. The molecule has 0 radical (unpaired) electrons. The Morgan fingerprint density at radius 3 is 2.86 bits per heavy atom. The van der Waals surface area contributed by atoms with Crippen molar-refractivity contribution < 1.29 is 4.79 Å². The Bertz CT molecular complexity index is 703. The fraction of sp³-hybridized carbons (Fsp3) is 0.467. The molecule has 0 unspecified atom stereocenters. The molecule has 114 valence electrons. The topological polar surface area (TPSA) is 75.9 Å². The van der Waals surface area contributed by atoms with Crippen LogP contribution in [0.2, 0.25) is 0 Å². The smallest absolute Gasteiger partial charge is 0.255 e. The van der Waals surface area contributed by atoms with Gasteiger partial charge < -0.3 is 14.8 Å². The Morgan fingerprint density at radius 1 is 1.27 bits per heavy atom. The summed E-state index contributed by atoms with van der Waals surface area (Å²) in [6, 6.07) is 4.28. The number of aromatic nitrogens is 4. The van der Waals surface area contributed by atoms with E-state index in [0.29, 0.717) is 24.7 Å². The van der Waals surface area contributed by atoms with Crippen molar-refractivity contribution in [3.05, 3.63) is 35.5 Å². The number of nitrogens with zero attached hydrogens (tertiary/aromatic N) is 5. The molecular formula is C15H18N6O. The highest BCUT2D eigenvalue weighted by Gasteiger charge is 2.25. The lowest BCUT2D eigenvalue weighted by Gasteiger charge is -2.27. The summed E-state index contributed by atoms with van der Waals surface area (Å²) in [6.07, 6.45) is 4.06. The standard InChI is InChI=1S/C15H18N6O/c1-10-18-19-14-9-20(6-7-21(10)14)15(22)11-2-5-13(16-8-11)17-12-3-4-12/h2,5,8,12H,3-4,6-7,9H2,1H3,(H,16,17). The van der Waals surface area contributed by atoms with E-state index < -0.39 is 0 Å². The number of nitrogens with one attached hydrogen (secondary N) is 1. The predicted octanol–water partition coefficient (Wildman–Crippen LogP) is 1.21. The summed E-state index contributed by atoms with van der Waals surface area (Å²) >= 11 is 0. The van der Waals surface area contributed by atoms with Crippen LogP contribution in [0.4, 0.5) is 5.82 Å². The van der Waals surface area contributed by atoms with Crippen LogP contribution in [-0.4, -0.2) is 43.1 Å². The summed E-state index contributed by atoms with van der Waals surface area (Å²) in [5, 5.41) is 11.5. The molecule has 4 rings (SSSR count). The highest BCUT2D eigenvalue weighted by atomic mass is 16.2. The van der Waals surface area contributed by atoms with Gasteiger partial charge in [0, 0.05) is 25.3 Å². The van der Waals surface area contributed by atoms with Gasteiger partial charge in [-0.2, -0.15) is 0 Å². The summed E-state index contributed by atoms with van der Waals surface area (Å²) in [7, 11) is 0. The van der Waals surface area contributed by atoms with E-state index in [1.807, 2.05) is 19.1 Å². The second-order valence-corrected chi connectivity index (χ2v) is 5.89. The third-order valence-corrected chi connectivity index (χ3v) is 4.17. The summed E-state index contributed by atoms with van der Waals surface area (Å²) in [5.41, 5.74) is 0.617. The van der Waals surface area contributed by atoms with Crippen LogP contribution in [0, 0.1) is 6.92 Å². The Kier molecular flexibility index (Phi) is 3.06. The summed E-state index contributed by atoms with van der Waals surface area (Å²) in [6.45, 7) is 3.85. The first-order valence-electron chi connectivity index (χ1n) is 7.61. The fourth-order valence-corrected chi connectivity index (χ4v) is 2.70. The van der Waals surface area contributed by atoms with Crippen molar-refractivity contribution in [3.63, 3.8) is 0 Å². The first-order chi connectivity index (χ1) is 10.7. The Hall–Kier alpha value is -2.44. The lowest BCUT2D eigenvalue weighted by molar-refractivity contribution is 0.0706. The van der Waals surface area contributed by atoms with Crippen LogP contribution in [-0.2, 0) is 13.1 Å². The van der Waals surface area contributed by atoms with Crippen molar-refractivity contribution >= 4 is 11.7 Å². The zero-order chi connectivity index (χ0) is 15.1. The highest BCUT2D eigenvalue weighted by molar-refractivity contribution is 5.94. The quantitative estimate of drug-likeness (QED) is 0.922. The molecule has 1 aliphatic heterocycles. The van der Waals surface area contributed by atoms with E-state index in [2.05, 4.69) is 25.1 Å². The molecule has 1 fully saturated rings. The molecule has 0 spiro atoms. The first kappa shape index (κ1) is 13.2. The minimum Gasteiger partial charge on any atom is -0.367 e. The summed E-state index contributed by atoms with van der Waals surface area (Å²) < 4.78 is 2.06. The van der Waals surface area contributed by atoms with Crippen molar-refractivity contribution in [1.29, 1.82) is 0 Å². The van der Waals surface area contributed by atoms with Gasteiger partial charge in [0.05, 0.1) is 12.1 Å². The molecule has 0 aromatic carbocycles. The number of aryl methyl sites for hydroxylation is 1. The number of pyridine rings is 1. The average molecular weight is 298 g/mol. The van der Waals surface area contributed by atoms with E-state index in [0.717, 1.165) is 24.0 Å². The van der Waals surface area contributed by atoms with Crippen LogP contribution < -0.4 is 5.32 Å². The van der Waals surface area contributed by atoms with E-state index in [1.54, 1.807) is 11.1 Å². The highest BCUT2D eigenvalue weighted by Crippen LogP contribution is 2.23. The van der Waals surface area contributed by atoms with Crippen LogP contribution in [0.25, 0.3) is 0 Å². The van der Waals surface area contributed by atoms with Gasteiger partial charge >= 0.3 is 0 Å². The molecule has 1 amide bonds. The molecule has 1 saturated carbocycles. The van der Waals surface area contributed by atoms with E-state index in [9.17, 15) is 4.79 Å². The number of rotatable bonds is 3. The molecule has 2 aliphatic rings. The maximum atomic E-state index is 12.6. The van der Waals surface area contributed by atoms with Crippen molar-refractivity contribution in [2.45, 2.75) is 38.9 Å². The zero-order valence-electron chi connectivity index (χ0n) is 12.5. The number of anilines is 1. The normalized spacial score (nSPS) is 17.2. The molecule has 3 heterocycles. The van der Waals surface area contributed by atoms with E-state index in [4.69, 9.17) is 0 Å². The molecule has 22 heavy (non-hydrogen) atoms. The lowest BCUT2D eigenvalue weighted by atomic mass is 10.2. The summed E-state index contributed by atoms with van der Waals surface area (Å²) in [5.74, 6) is 2.58. The number of carbonyl (C=O) groups excluding carboxylic acids is 1. The van der Waals surface area contributed by atoms with Gasteiger partial charge in [0.15, 0.2) is 5.82 Å². The van der Waals surface area contributed by atoms with Gasteiger partial charge in [-0.3, -0.25) is 4.79 Å². The van der Waals surface area contributed by atoms with E-state index >= 15 is 0 Å². The minimum absolute atomic E-state index is 0.00243. The van der Waals surface area contributed by atoms with Crippen molar-refractivity contribution in [2.75, 3.05) is 11.9 Å². The second kappa shape index (κ2) is 5.08. The fourth-order valence-electron chi connectivity index (χ4n) is 2.70. The Morgan fingerprint density at radius 2 is 2.14 bits per heavy atom. The average Bonchev–Trinajstić information content (AvgIpc) is 3.29. The molecular weight excluding hydrogens is 280 g/mol. The maximum Gasteiger partial charge on any atom is 0.255 e. The largest absolute Gasteiger partial charge is 0.367 e. The van der Waals surface area contributed by atoms with Crippen LogP contribution >= 0.6 is 0 Å². The van der Waals surface area contributed by atoms with Gasteiger partial charge in [-0.05, 0) is 31.9 Å². The maximum absolute atomic E-state index is 12.6. The SMILES string of the molecule is Cc1nnc2n1CCN(C(=O)c1ccc(NC3CC3)nc1)C2. The minimum atomic E-state index is -0.00243. The number of carbonyl (C=O) groups is 1. The molecule has 7 nitrogen and oxygen atoms in total. The number of amides is 1. The third kappa shape index (κ3) is 2.43. The Balaban J connectivity index is 1.47. The molecule has 7 heteroatoms. The number of hydrogen-bond acceptors (Lipinski definition) is 5. The van der Waals surface area contributed by atoms with Crippen LogP contribution in [0.15, 0.2) is 18.3 Å². The van der Waals surface area contributed by atoms with Crippen molar-refractivity contribution in [2.24, 2.45) is 0 Å². The van der Waals surface area contributed by atoms with Gasteiger partial charge in [0.25, 0.3) is 5.91 Å². The van der Waals surface area contributed by atoms with Gasteiger partial charge in [-0.25, -0.2) is 4.98 Å². The van der Waals surface area contributed by atoms with Gasteiger partial charge in [0.2, 0.25) is 0 Å². The Labute approximate surface area is 128 Å². The van der Waals surface area contributed by atoms with E-state index in [-0.39, 0.29) is 5.91 Å². The van der Waals surface area contributed by atoms with Crippen LogP contribution in [0.1, 0.15) is 34.8 Å². The molecule has 2 aromatic rings. The van der Waals surface area contributed by atoms with Gasteiger partial charge in [0.1, 0.15) is 11.6 Å². The monoisotopic (exact) mass is 298 g/mol. The first-order valence-corrected chi connectivity index (χ1v) is 7.61. The number of hydrogen-bond donors (Lipinski definition) is 1. The molecule has 1 N–H and O–H groups in total. The molecule has 1 aliphatic carbocycles. The van der Waals surface area contributed by atoms with Crippen molar-refractivity contribution in [1.82, 2.24) is 24.6 Å². The lowest BCUT2D eigenvalue weighted by Crippen LogP contribution is -2.38. The van der Waals surface area contributed by atoms with Crippen molar-refractivity contribution in [3.8, 4) is 0 Å². The predicted molar refractivity (Wildman–Crippen MR) is 80.4 cm³/mol. The molecule has 0 saturated heterocycles. The van der Waals surface area contributed by atoms with Gasteiger partial charge in [-0.15, -0.1) is 10.2 Å². The zero-order valence-corrected chi connectivity index (χ0v) is 12.5. The molecule has 2 aromatic heterocycles. The second-order valence-electron chi connectivity index (χ2n) is 5.89. The number of fused-ring (bicyclic) bond motifs is 1. The van der Waals surface area contributed by atoms with E-state index in [1.165, 1.54) is 12.8 Å². The third-order valence-electron chi connectivity index (χ3n) is 4.17. The molecule has 0 atom stereocenters. The summed E-state index contributed by atoms with van der Waals surface area (Å²) in [4.78, 5) is 18.7. The van der Waals surface area contributed by atoms with Gasteiger partial charge in [-0.1, -0.05) is 0 Å².